The molecule has 1 N–H and O–H groups in total. The molecule has 0 aromatic heterocycles. The molecule has 0 fully saturated rings. The second kappa shape index (κ2) is 10.4. The molecule has 8 heteroatoms. The van der Waals surface area contributed by atoms with E-state index >= 15 is 0 Å². The highest BCUT2D eigenvalue weighted by Crippen LogP contribution is 2.35. The Bertz CT molecular complexity index is 1350. The average Bonchev–Trinajstić information content (AvgIpc) is 2.79. The molecule has 0 amide bonds. The maximum absolute atomic E-state index is 13.5. The topological polar surface area (TPSA) is 80.3 Å². The zero-order valence-corrected chi connectivity index (χ0v) is 21.4. The molecule has 3 rings (SSSR count). The number of rotatable bonds is 9. The lowest BCUT2D eigenvalue weighted by Crippen LogP contribution is -2.27. The summed E-state index contributed by atoms with van der Waals surface area (Å²) in [5.74, 6) is -0.879. The van der Waals surface area contributed by atoms with Gasteiger partial charge >= 0.3 is 0 Å². The van der Waals surface area contributed by atoms with Crippen LogP contribution in [0.15, 0.2) is 81.4 Å². The fourth-order valence-electron chi connectivity index (χ4n) is 3.76. The summed E-state index contributed by atoms with van der Waals surface area (Å²) in [7, 11) is -8.07. The monoisotopic (exact) mass is 503 g/mol. The first-order valence-electron chi connectivity index (χ1n) is 11.2. The molecule has 0 heterocycles. The second-order valence-electron chi connectivity index (χ2n) is 8.83. The molecule has 182 valence electrons. The summed E-state index contributed by atoms with van der Waals surface area (Å²) in [4.78, 5) is -0.226. The van der Waals surface area contributed by atoms with Crippen molar-refractivity contribution in [2.24, 2.45) is 0 Å². The highest BCUT2D eigenvalue weighted by atomic mass is 32.2. The standard InChI is InChI=1S/C26H30FNO4S2/c1-18(2)23-16-24(19(3)4)26(34(31,32)28-15-14-20-8-6-5-7-9-20)17-25(23)33(29,30)22-12-10-21(27)11-13-22/h5-13,16-19,28H,14-15H2,1-4H3. The van der Waals surface area contributed by atoms with E-state index in [1.807, 2.05) is 58.0 Å². The van der Waals surface area contributed by atoms with Gasteiger partial charge in [0.2, 0.25) is 19.9 Å². The van der Waals surface area contributed by atoms with E-state index < -0.39 is 25.7 Å². The number of sulfonamides is 1. The van der Waals surface area contributed by atoms with Gasteiger partial charge in [0.15, 0.2) is 0 Å². The highest BCUT2D eigenvalue weighted by Gasteiger charge is 2.29. The fraction of sp³-hybridized carbons (Fsp3) is 0.308. The quantitative estimate of drug-likeness (QED) is 0.395. The summed E-state index contributed by atoms with van der Waals surface area (Å²) >= 11 is 0. The van der Waals surface area contributed by atoms with Gasteiger partial charge in [-0.3, -0.25) is 0 Å². The molecule has 0 unspecified atom stereocenters. The number of benzene rings is 3. The molecular formula is C26H30FNO4S2. The van der Waals surface area contributed by atoms with Crippen LogP contribution in [-0.4, -0.2) is 23.4 Å². The van der Waals surface area contributed by atoms with Crippen molar-refractivity contribution < 1.29 is 21.2 Å². The van der Waals surface area contributed by atoms with Crippen LogP contribution in [0.2, 0.25) is 0 Å². The molecule has 34 heavy (non-hydrogen) atoms. The lowest BCUT2D eigenvalue weighted by Gasteiger charge is -2.21. The van der Waals surface area contributed by atoms with Crippen LogP contribution in [0.4, 0.5) is 4.39 Å². The van der Waals surface area contributed by atoms with Gasteiger partial charge in [0.1, 0.15) is 5.82 Å². The van der Waals surface area contributed by atoms with Crippen LogP contribution in [0.25, 0.3) is 0 Å². The Morgan fingerprint density at radius 3 is 1.88 bits per heavy atom. The Morgan fingerprint density at radius 2 is 1.32 bits per heavy atom. The molecule has 0 aliphatic rings. The number of hydrogen-bond donors (Lipinski definition) is 1. The van der Waals surface area contributed by atoms with Crippen molar-refractivity contribution >= 4 is 19.9 Å². The van der Waals surface area contributed by atoms with E-state index in [0.29, 0.717) is 17.5 Å². The van der Waals surface area contributed by atoms with Gasteiger partial charge in [-0.25, -0.2) is 25.9 Å². The Hall–Kier alpha value is -2.55. The molecule has 0 aliphatic carbocycles. The minimum atomic E-state index is -4.08. The summed E-state index contributed by atoms with van der Waals surface area (Å²) in [6.45, 7) is 7.63. The van der Waals surface area contributed by atoms with Crippen molar-refractivity contribution in [2.45, 2.75) is 60.6 Å². The van der Waals surface area contributed by atoms with E-state index in [9.17, 15) is 21.2 Å². The van der Waals surface area contributed by atoms with E-state index in [0.717, 1.165) is 17.7 Å². The van der Waals surface area contributed by atoms with E-state index in [2.05, 4.69) is 4.72 Å². The third kappa shape index (κ3) is 5.74. The normalized spacial score (nSPS) is 12.4. The van der Waals surface area contributed by atoms with Crippen LogP contribution in [0.3, 0.4) is 0 Å². The zero-order valence-electron chi connectivity index (χ0n) is 19.7. The number of nitrogens with one attached hydrogen (secondary N) is 1. The highest BCUT2D eigenvalue weighted by molar-refractivity contribution is 7.91. The van der Waals surface area contributed by atoms with Gasteiger partial charge < -0.3 is 0 Å². The van der Waals surface area contributed by atoms with Gasteiger partial charge in [-0.1, -0.05) is 64.1 Å². The maximum Gasteiger partial charge on any atom is 0.240 e. The summed E-state index contributed by atoms with van der Waals surface area (Å²) < 4.78 is 69.7. The maximum atomic E-state index is 13.5. The predicted octanol–water partition coefficient (Wildman–Crippen LogP) is 5.43. The molecule has 3 aromatic carbocycles. The molecule has 0 aliphatic heterocycles. The van der Waals surface area contributed by atoms with Crippen molar-refractivity contribution in [3.05, 3.63) is 89.2 Å². The minimum absolute atomic E-state index is 0.0550. The van der Waals surface area contributed by atoms with Crippen molar-refractivity contribution in [2.75, 3.05) is 6.54 Å². The molecule has 0 saturated carbocycles. The van der Waals surface area contributed by atoms with Crippen LogP contribution < -0.4 is 4.72 Å². The summed E-state index contributed by atoms with van der Waals surface area (Å²) in [5, 5.41) is 0. The van der Waals surface area contributed by atoms with Crippen LogP contribution in [-0.2, 0) is 26.3 Å². The molecule has 0 radical (unpaired) electrons. The molecule has 0 saturated heterocycles. The van der Waals surface area contributed by atoms with Crippen LogP contribution in [0.1, 0.15) is 56.2 Å². The van der Waals surface area contributed by atoms with Crippen LogP contribution in [0.5, 0.6) is 0 Å². The van der Waals surface area contributed by atoms with E-state index in [1.54, 1.807) is 6.07 Å². The first kappa shape index (κ1) is 26.1. The van der Waals surface area contributed by atoms with Gasteiger partial charge in [0.05, 0.1) is 14.7 Å². The largest absolute Gasteiger partial charge is 0.240 e. The second-order valence-corrected chi connectivity index (χ2v) is 12.5. The SMILES string of the molecule is CC(C)c1cc(C(C)C)c(S(=O)(=O)c2ccc(F)cc2)cc1S(=O)(=O)NCCc1ccccc1. The summed E-state index contributed by atoms with van der Waals surface area (Å²) in [6.07, 6.45) is 0.502. The van der Waals surface area contributed by atoms with E-state index in [4.69, 9.17) is 0 Å². The van der Waals surface area contributed by atoms with Crippen molar-refractivity contribution in [1.82, 2.24) is 4.72 Å². The van der Waals surface area contributed by atoms with Gasteiger partial charge in [0.25, 0.3) is 0 Å². The average molecular weight is 504 g/mol. The number of halogens is 1. The molecule has 0 atom stereocenters. The first-order valence-corrected chi connectivity index (χ1v) is 14.1. The predicted molar refractivity (Wildman–Crippen MR) is 132 cm³/mol. The third-order valence-electron chi connectivity index (χ3n) is 5.64. The zero-order chi connectivity index (χ0) is 25.1. The van der Waals surface area contributed by atoms with Crippen LogP contribution in [0, 0.1) is 5.82 Å². The van der Waals surface area contributed by atoms with E-state index in [-0.39, 0.29) is 33.1 Å². The number of hydrogen-bond acceptors (Lipinski definition) is 4. The lowest BCUT2D eigenvalue weighted by atomic mass is 9.95. The Kier molecular flexibility index (Phi) is 7.95. The first-order chi connectivity index (χ1) is 15.9. The molecular weight excluding hydrogens is 473 g/mol. The van der Waals surface area contributed by atoms with Gasteiger partial charge in [0, 0.05) is 6.54 Å². The summed E-state index contributed by atoms with van der Waals surface area (Å²) in [6, 6.07) is 17.0. The Labute approximate surface area is 202 Å². The Balaban J connectivity index is 2.10. The van der Waals surface area contributed by atoms with Gasteiger partial charge in [-0.2, -0.15) is 0 Å². The van der Waals surface area contributed by atoms with Gasteiger partial charge in [-0.15, -0.1) is 0 Å². The van der Waals surface area contributed by atoms with Crippen molar-refractivity contribution in [3.63, 3.8) is 0 Å². The minimum Gasteiger partial charge on any atom is -0.219 e. The molecule has 3 aromatic rings. The number of sulfone groups is 1. The van der Waals surface area contributed by atoms with Crippen molar-refractivity contribution in [1.29, 1.82) is 0 Å². The molecule has 0 bridgehead atoms. The molecule has 5 nitrogen and oxygen atoms in total. The van der Waals surface area contributed by atoms with Crippen molar-refractivity contribution in [3.8, 4) is 0 Å². The Morgan fingerprint density at radius 1 is 0.765 bits per heavy atom. The van der Waals surface area contributed by atoms with E-state index in [1.165, 1.54) is 18.2 Å². The van der Waals surface area contributed by atoms with Gasteiger partial charge in [-0.05, 0) is 65.3 Å². The molecule has 0 spiro atoms. The third-order valence-corrected chi connectivity index (χ3v) is 8.98. The smallest absolute Gasteiger partial charge is 0.219 e. The lowest BCUT2D eigenvalue weighted by molar-refractivity contribution is 0.578. The van der Waals surface area contributed by atoms with Crippen LogP contribution >= 0.6 is 0 Å². The fourth-order valence-corrected chi connectivity index (χ4v) is 6.86. The summed E-state index contributed by atoms with van der Waals surface area (Å²) in [5.41, 5.74) is 2.06.